The fourth-order valence-corrected chi connectivity index (χ4v) is 3.27. The van der Waals surface area contributed by atoms with Crippen LogP contribution in [0.15, 0.2) is 22.7 Å². The molecule has 110 valence electrons. The average Bonchev–Trinajstić information content (AvgIpc) is 2.47. The summed E-state index contributed by atoms with van der Waals surface area (Å²) in [5.41, 5.74) is 0.771. The van der Waals surface area contributed by atoms with Gasteiger partial charge >= 0.3 is 0 Å². The van der Waals surface area contributed by atoms with Gasteiger partial charge in [0.1, 0.15) is 11.1 Å². The Morgan fingerprint density at radius 3 is 2.70 bits per heavy atom. The van der Waals surface area contributed by atoms with E-state index in [4.69, 9.17) is 16.3 Å². The molecule has 0 heterocycles. The van der Waals surface area contributed by atoms with Gasteiger partial charge in [0, 0.05) is 6.04 Å². The Labute approximate surface area is 133 Å². The van der Waals surface area contributed by atoms with Crippen LogP contribution in [0, 0.1) is 0 Å². The quantitative estimate of drug-likeness (QED) is 0.818. The lowest BCUT2D eigenvalue weighted by Gasteiger charge is -2.24. The van der Waals surface area contributed by atoms with Gasteiger partial charge in [-0.2, -0.15) is 0 Å². The number of alkyl halides is 1. The number of benzene rings is 1. The summed E-state index contributed by atoms with van der Waals surface area (Å²) in [5, 5.41) is 2.38. The zero-order valence-electron chi connectivity index (χ0n) is 11.5. The lowest BCUT2D eigenvalue weighted by Crippen LogP contribution is -2.38. The van der Waals surface area contributed by atoms with Crippen LogP contribution in [0.3, 0.4) is 0 Å². The molecule has 20 heavy (non-hydrogen) atoms. The zero-order chi connectivity index (χ0) is 14.5. The molecule has 1 aliphatic carbocycles. The van der Waals surface area contributed by atoms with Gasteiger partial charge in [0.2, 0.25) is 5.91 Å². The number of carbonyl (C=O) groups excluding carboxylic acids is 1. The molecular weight excluding hydrogens is 342 g/mol. The number of halogens is 2. The number of carbonyl (C=O) groups is 1. The highest BCUT2D eigenvalue weighted by atomic mass is 79.9. The standard InChI is InChI=1S/C15H19BrClNO2/c1-20-13-8-7-10(9-12(13)16)14(17)15(19)18-11-5-3-2-4-6-11/h7-9,11,14H,2-6H2,1H3,(H,18,19). The summed E-state index contributed by atoms with van der Waals surface area (Å²) < 4.78 is 5.97. The third-order valence-corrected chi connectivity index (χ3v) is 4.72. The van der Waals surface area contributed by atoms with Crippen LogP contribution in [0.25, 0.3) is 0 Å². The predicted octanol–water partition coefficient (Wildman–Crippen LogP) is 4.19. The van der Waals surface area contributed by atoms with E-state index in [1.165, 1.54) is 19.3 Å². The first-order valence-corrected chi connectivity index (χ1v) is 8.12. The van der Waals surface area contributed by atoms with E-state index in [2.05, 4.69) is 21.2 Å². The Morgan fingerprint density at radius 1 is 1.40 bits per heavy atom. The highest BCUT2D eigenvalue weighted by molar-refractivity contribution is 9.10. The molecule has 5 heteroatoms. The Hall–Kier alpha value is -0.740. The first-order valence-electron chi connectivity index (χ1n) is 6.89. The molecule has 2 rings (SSSR count). The number of hydrogen-bond acceptors (Lipinski definition) is 2. The Balaban J connectivity index is 2.00. The van der Waals surface area contributed by atoms with Crippen LogP contribution < -0.4 is 10.1 Å². The summed E-state index contributed by atoms with van der Waals surface area (Å²) >= 11 is 9.68. The van der Waals surface area contributed by atoms with Gasteiger partial charge in [-0.05, 0) is 46.5 Å². The normalized spacial score (nSPS) is 17.6. The Bertz CT molecular complexity index is 475. The number of hydrogen-bond donors (Lipinski definition) is 1. The Morgan fingerprint density at radius 2 is 2.10 bits per heavy atom. The third-order valence-electron chi connectivity index (χ3n) is 3.65. The molecule has 0 radical (unpaired) electrons. The lowest BCUT2D eigenvalue weighted by molar-refractivity contribution is -0.121. The van der Waals surface area contributed by atoms with Gasteiger partial charge in [0.05, 0.1) is 11.6 Å². The van der Waals surface area contributed by atoms with Crippen molar-refractivity contribution in [2.75, 3.05) is 7.11 Å². The smallest absolute Gasteiger partial charge is 0.242 e. The second kappa shape index (κ2) is 7.32. The van der Waals surface area contributed by atoms with Crippen molar-refractivity contribution in [1.82, 2.24) is 5.32 Å². The largest absolute Gasteiger partial charge is 0.496 e. The first kappa shape index (κ1) is 15.6. The van der Waals surface area contributed by atoms with Crippen molar-refractivity contribution < 1.29 is 9.53 Å². The van der Waals surface area contributed by atoms with Gasteiger partial charge in [-0.1, -0.05) is 25.3 Å². The van der Waals surface area contributed by atoms with Crippen molar-refractivity contribution in [2.45, 2.75) is 43.5 Å². The monoisotopic (exact) mass is 359 g/mol. The summed E-state index contributed by atoms with van der Waals surface area (Å²) in [6.45, 7) is 0. The van der Waals surface area contributed by atoms with Gasteiger partial charge in [-0.25, -0.2) is 0 Å². The van der Waals surface area contributed by atoms with Crippen molar-refractivity contribution in [3.63, 3.8) is 0 Å². The van der Waals surface area contributed by atoms with Crippen molar-refractivity contribution >= 4 is 33.4 Å². The van der Waals surface area contributed by atoms with E-state index in [0.29, 0.717) is 0 Å². The van der Waals surface area contributed by atoms with Gasteiger partial charge in [-0.15, -0.1) is 11.6 Å². The molecular formula is C15H19BrClNO2. The van der Waals surface area contributed by atoms with Crippen LogP contribution >= 0.6 is 27.5 Å². The number of amides is 1. The maximum Gasteiger partial charge on any atom is 0.242 e. The zero-order valence-corrected chi connectivity index (χ0v) is 13.8. The Kier molecular flexibility index (Phi) is 5.73. The van der Waals surface area contributed by atoms with E-state index < -0.39 is 5.38 Å². The second-order valence-electron chi connectivity index (χ2n) is 5.10. The van der Waals surface area contributed by atoms with Crippen molar-refractivity contribution in [3.05, 3.63) is 28.2 Å². The molecule has 1 aliphatic rings. The van der Waals surface area contributed by atoms with Crippen LogP contribution in [0.5, 0.6) is 5.75 Å². The fourth-order valence-electron chi connectivity index (χ4n) is 2.51. The average molecular weight is 361 g/mol. The first-order chi connectivity index (χ1) is 9.61. The maximum absolute atomic E-state index is 12.2. The molecule has 1 atom stereocenters. The molecule has 0 bridgehead atoms. The van der Waals surface area contributed by atoms with Crippen molar-refractivity contribution in [2.24, 2.45) is 0 Å². The molecule has 1 aromatic carbocycles. The molecule has 1 fully saturated rings. The summed E-state index contributed by atoms with van der Waals surface area (Å²) in [6.07, 6.45) is 5.75. The van der Waals surface area contributed by atoms with Crippen LogP contribution in [0.2, 0.25) is 0 Å². The lowest BCUT2D eigenvalue weighted by atomic mass is 9.95. The minimum absolute atomic E-state index is 0.115. The van der Waals surface area contributed by atoms with E-state index in [1.807, 2.05) is 18.2 Å². The molecule has 0 spiro atoms. The summed E-state index contributed by atoms with van der Waals surface area (Å²) in [7, 11) is 1.60. The molecule has 0 aliphatic heterocycles. The van der Waals surface area contributed by atoms with Crippen LogP contribution in [0.1, 0.15) is 43.0 Å². The molecule has 1 amide bonds. The van der Waals surface area contributed by atoms with Gasteiger partial charge in [0.25, 0.3) is 0 Å². The second-order valence-corrected chi connectivity index (χ2v) is 6.39. The SMILES string of the molecule is COc1ccc(C(Cl)C(=O)NC2CCCCC2)cc1Br. The van der Waals surface area contributed by atoms with Gasteiger partial charge in [-0.3, -0.25) is 4.79 Å². The number of rotatable bonds is 4. The molecule has 3 nitrogen and oxygen atoms in total. The molecule has 1 unspecified atom stereocenters. The van der Waals surface area contributed by atoms with Crippen molar-refractivity contribution in [1.29, 1.82) is 0 Å². The van der Waals surface area contributed by atoms with E-state index in [0.717, 1.165) is 28.6 Å². The molecule has 1 N–H and O–H groups in total. The summed E-state index contributed by atoms with van der Waals surface area (Å²) in [6, 6.07) is 5.74. The molecule has 0 aromatic heterocycles. The van der Waals surface area contributed by atoms with Crippen LogP contribution in [-0.4, -0.2) is 19.1 Å². The van der Waals surface area contributed by atoms with Gasteiger partial charge in [0.15, 0.2) is 0 Å². The van der Waals surface area contributed by atoms with Crippen LogP contribution in [-0.2, 0) is 4.79 Å². The minimum Gasteiger partial charge on any atom is -0.496 e. The van der Waals surface area contributed by atoms with E-state index in [9.17, 15) is 4.79 Å². The van der Waals surface area contributed by atoms with Gasteiger partial charge < -0.3 is 10.1 Å². The highest BCUT2D eigenvalue weighted by Crippen LogP contribution is 2.31. The molecule has 1 saturated carbocycles. The van der Waals surface area contributed by atoms with E-state index in [1.54, 1.807) is 7.11 Å². The number of nitrogens with one attached hydrogen (secondary N) is 1. The molecule has 0 saturated heterocycles. The molecule has 1 aromatic rings. The number of methoxy groups -OCH3 is 1. The maximum atomic E-state index is 12.2. The fraction of sp³-hybridized carbons (Fsp3) is 0.533. The van der Waals surface area contributed by atoms with Crippen LogP contribution in [0.4, 0.5) is 0 Å². The third kappa shape index (κ3) is 3.89. The summed E-state index contributed by atoms with van der Waals surface area (Å²) in [5.74, 6) is 0.612. The predicted molar refractivity (Wildman–Crippen MR) is 84.3 cm³/mol. The topological polar surface area (TPSA) is 38.3 Å². The van der Waals surface area contributed by atoms with E-state index >= 15 is 0 Å². The van der Waals surface area contributed by atoms with E-state index in [-0.39, 0.29) is 11.9 Å². The van der Waals surface area contributed by atoms with Crippen molar-refractivity contribution in [3.8, 4) is 5.75 Å². The minimum atomic E-state index is -0.667. The summed E-state index contributed by atoms with van der Waals surface area (Å²) in [4.78, 5) is 12.2. The highest BCUT2D eigenvalue weighted by Gasteiger charge is 2.22. The number of ether oxygens (including phenoxy) is 1.